The fourth-order valence-corrected chi connectivity index (χ4v) is 1.50. The summed E-state index contributed by atoms with van der Waals surface area (Å²) in [4.78, 5) is 13.4. The molecule has 90 valence electrons. The molecule has 15 heavy (non-hydrogen) atoms. The van der Waals surface area contributed by atoms with Gasteiger partial charge in [0.2, 0.25) is 5.91 Å². The number of ether oxygens (including phenoxy) is 1. The van der Waals surface area contributed by atoms with E-state index in [4.69, 9.17) is 4.74 Å². The fourth-order valence-electron chi connectivity index (χ4n) is 1.50. The molecule has 0 saturated heterocycles. The fraction of sp³-hybridized carbons (Fsp3) is 0.909. The molecule has 0 saturated carbocycles. The van der Waals surface area contributed by atoms with Crippen molar-refractivity contribution in [1.82, 2.24) is 10.2 Å². The van der Waals surface area contributed by atoms with E-state index in [9.17, 15) is 4.79 Å². The molecule has 1 N–H and O–H groups in total. The van der Waals surface area contributed by atoms with Crippen LogP contribution in [0.4, 0.5) is 0 Å². The quantitative estimate of drug-likeness (QED) is 0.682. The summed E-state index contributed by atoms with van der Waals surface area (Å²) in [5, 5.41) is 2.87. The van der Waals surface area contributed by atoms with Crippen LogP contribution in [-0.4, -0.2) is 51.2 Å². The molecular formula is C11H24N2O2. The summed E-state index contributed by atoms with van der Waals surface area (Å²) < 4.78 is 5.02. The predicted octanol–water partition coefficient (Wildman–Crippen LogP) is 0.727. The van der Waals surface area contributed by atoms with Gasteiger partial charge in [-0.05, 0) is 26.4 Å². The Hall–Kier alpha value is -0.610. The molecule has 1 amide bonds. The highest BCUT2D eigenvalue weighted by atomic mass is 16.5. The first-order chi connectivity index (χ1) is 6.87. The van der Waals surface area contributed by atoms with Crippen LogP contribution in [0.3, 0.4) is 0 Å². The molecule has 0 fully saturated rings. The maximum absolute atomic E-state index is 11.3. The standard InChI is InChI=1S/C11H24N2O2/c1-6-15-7-10(14)12-8-11(2,3)9-13(4)5/h6-9H2,1-5H3,(H,12,14). The lowest BCUT2D eigenvalue weighted by Crippen LogP contribution is -2.41. The monoisotopic (exact) mass is 216 g/mol. The average Bonchev–Trinajstić information content (AvgIpc) is 2.09. The summed E-state index contributed by atoms with van der Waals surface area (Å²) in [6, 6.07) is 0. The third-order valence-electron chi connectivity index (χ3n) is 1.95. The van der Waals surface area contributed by atoms with Gasteiger partial charge in [0.25, 0.3) is 0 Å². The van der Waals surface area contributed by atoms with Gasteiger partial charge in [-0.15, -0.1) is 0 Å². The number of nitrogens with one attached hydrogen (secondary N) is 1. The van der Waals surface area contributed by atoms with Crippen LogP contribution < -0.4 is 5.32 Å². The lowest BCUT2D eigenvalue weighted by molar-refractivity contribution is -0.126. The van der Waals surface area contributed by atoms with Gasteiger partial charge >= 0.3 is 0 Å². The molecule has 0 aliphatic heterocycles. The lowest BCUT2D eigenvalue weighted by atomic mass is 9.93. The van der Waals surface area contributed by atoms with Crippen molar-refractivity contribution in [2.45, 2.75) is 20.8 Å². The van der Waals surface area contributed by atoms with E-state index in [1.807, 2.05) is 21.0 Å². The predicted molar refractivity (Wildman–Crippen MR) is 61.8 cm³/mol. The Kier molecular flexibility index (Phi) is 6.52. The van der Waals surface area contributed by atoms with Crippen molar-refractivity contribution in [1.29, 1.82) is 0 Å². The molecule has 0 radical (unpaired) electrons. The van der Waals surface area contributed by atoms with Crippen LogP contribution in [0.1, 0.15) is 20.8 Å². The third kappa shape index (κ3) is 8.39. The highest BCUT2D eigenvalue weighted by molar-refractivity contribution is 5.77. The Bertz CT molecular complexity index is 191. The zero-order chi connectivity index (χ0) is 11.9. The summed E-state index contributed by atoms with van der Waals surface area (Å²) >= 11 is 0. The molecule has 0 aliphatic carbocycles. The minimum atomic E-state index is -0.0383. The van der Waals surface area contributed by atoms with Crippen molar-refractivity contribution in [2.24, 2.45) is 5.41 Å². The SMILES string of the molecule is CCOCC(=O)NCC(C)(C)CN(C)C. The Labute approximate surface area is 93.0 Å². The van der Waals surface area contributed by atoms with Crippen LogP contribution in [0.2, 0.25) is 0 Å². The van der Waals surface area contributed by atoms with Gasteiger partial charge in [0.1, 0.15) is 6.61 Å². The zero-order valence-corrected chi connectivity index (χ0v) is 10.6. The van der Waals surface area contributed by atoms with E-state index in [1.54, 1.807) is 0 Å². The number of hydrogen-bond acceptors (Lipinski definition) is 3. The van der Waals surface area contributed by atoms with Gasteiger partial charge in [0.05, 0.1) is 0 Å². The average molecular weight is 216 g/mol. The molecule has 0 unspecified atom stereocenters. The van der Waals surface area contributed by atoms with Gasteiger partial charge in [0.15, 0.2) is 0 Å². The molecule has 0 aliphatic rings. The first-order valence-electron chi connectivity index (χ1n) is 5.36. The Balaban J connectivity index is 3.77. The van der Waals surface area contributed by atoms with Crippen LogP contribution in [0, 0.1) is 5.41 Å². The first kappa shape index (κ1) is 14.4. The summed E-state index contributed by atoms with van der Waals surface area (Å²) in [7, 11) is 4.06. The smallest absolute Gasteiger partial charge is 0.246 e. The van der Waals surface area contributed by atoms with E-state index in [2.05, 4.69) is 24.1 Å². The van der Waals surface area contributed by atoms with E-state index in [-0.39, 0.29) is 17.9 Å². The molecule has 0 bridgehead atoms. The topological polar surface area (TPSA) is 41.6 Å². The van der Waals surface area contributed by atoms with Gasteiger partial charge in [0, 0.05) is 19.7 Å². The van der Waals surface area contributed by atoms with Gasteiger partial charge < -0.3 is 15.0 Å². The summed E-state index contributed by atoms with van der Waals surface area (Å²) in [5.41, 5.74) is 0.0887. The largest absolute Gasteiger partial charge is 0.372 e. The van der Waals surface area contributed by atoms with E-state index < -0.39 is 0 Å². The van der Waals surface area contributed by atoms with E-state index in [0.717, 1.165) is 6.54 Å². The first-order valence-corrected chi connectivity index (χ1v) is 5.36. The van der Waals surface area contributed by atoms with Gasteiger partial charge in [-0.2, -0.15) is 0 Å². The van der Waals surface area contributed by atoms with E-state index in [1.165, 1.54) is 0 Å². The van der Waals surface area contributed by atoms with Gasteiger partial charge in [-0.25, -0.2) is 0 Å². The second-order valence-electron chi connectivity index (χ2n) is 4.82. The van der Waals surface area contributed by atoms with Crippen molar-refractivity contribution >= 4 is 5.91 Å². The Morgan fingerprint density at radius 1 is 1.40 bits per heavy atom. The van der Waals surface area contributed by atoms with E-state index in [0.29, 0.717) is 13.2 Å². The Morgan fingerprint density at radius 3 is 2.47 bits per heavy atom. The van der Waals surface area contributed by atoms with Crippen LogP contribution in [-0.2, 0) is 9.53 Å². The molecule has 4 heteroatoms. The molecule has 0 atom stereocenters. The van der Waals surface area contributed by atoms with Crippen molar-refractivity contribution < 1.29 is 9.53 Å². The van der Waals surface area contributed by atoms with Crippen LogP contribution in [0.5, 0.6) is 0 Å². The second-order valence-corrected chi connectivity index (χ2v) is 4.82. The molecule has 4 nitrogen and oxygen atoms in total. The van der Waals surface area contributed by atoms with Gasteiger partial charge in [-0.1, -0.05) is 13.8 Å². The lowest BCUT2D eigenvalue weighted by Gasteiger charge is -2.28. The summed E-state index contributed by atoms with van der Waals surface area (Å²) in [5.74, 6) is -0.0383. The maximum Gasteiger partial charge on any atom is 0.246 e. The van der Waals surface area contributed by atoms with Gasteiger partial charge in [-0.3, -0.25) is 4.79 Å². The number of carbonyl (C=O) groups is 1. The van der Waals surface area contributed by atoms with Crippen LogP contribution in [0.25, 0.3) is 0 Å². The van der Waals surface area contributed by atoms with Crippen molar-refractivity contribution in [3.8, 4) is 0 Å². The molecule has 0 aromatic rings. The Morgan fingerprint density at radius 2 is 2.00 bits per heavy atom. The highest BCUT2D eigenvalue weighted by Gasteiger charge is 2.19. The number of hydrogen-bond donors (Lipinski definition) is 1. The molecule has 0 heterocycles. The van der Waals surface area contributed by atoms with Crippen molar-refractivity contribution in [2.75, 3.05) is 40.4 Å². The normalized spacial score (nSPS) is 11.9. The third-order valence-corrected chi connectivity index (χ3v) is 1.95. The highest BCUT2D eigenvalue weighted by Crippen LogP contribution is 2.13. The molecule has 0 aromatic heterocycles. The van der Waals surface area contributed by atoms with Crippen molar-refractivity contribution in [3.63, 3.8) is 0 Å². The van der Waals surface area contributed by atoms with Crippen LogP contribution in [0.15, 0.2) is 0 Å². The number of rotatable bonds is 7. The summed E-state index contributed by atoms with van der Waals surface area (Å²) in [6.07, 6.45) is 0. The molecule has 0 aromatic carbocycles. The minimum Gasteiger partial charge on any atom is -0.372 e. The number of nitrogens with zero attached hydrogens (tertiary/aromatic N) is 1. The molecular weight excluding hydrogens is 192 g/mol. The van der Waals surface area contributed by atoms with E-state index >= 15 is 0 Å². The summed E-state index contributed by atoms with van der Waals surface area (Å²) in [6.45, 7) is 8.51. The number of amides is 1. The zero-order valence-electron chi connectivity index (χ0n) is 10.6. The van der Waals surface area contributed by atoms with Crippen LogP contribution >= 0.6 is 0 Å². The molecule has 0 rings (SSSR count). The number of carbonyl (C=O) groups excluding carboxylic acids is 1. The second kappa shape index (κ2) is 6.80. The minimum absolute atomic E-state index is 0.0383. The molecule has 0 spiro atoms. The maximum atomic E-state index is 11.3. The van der Waals surface area contributed by atoms with Crippen molar-refractivity contribution in [3.05, 3.63) is 0 Å².